The zero-order valence-corrected chi connectivity index (χ0v) is 11.6. The zero-order chi connectivity index (χ0) is 14.9. The number of rotatable bonds is 3. The molecule has 0 aliphatic heterocycles. The number of hydrogen-bond acceptors (Lipinski definition) is 5. The Balaban J connectivity index is 2.52. The lowest BCUT2D eigenvalue weighted by molar-refractivity contribution is -0.127. The van der Waals surface area contributed by atoms with Crippen molar-refractivity contribution in [3.63, 3.8) is 0 Å². The lowest BCUT2D eigenvalue weighted by Crippen LogP contribution is -2.28. The van der Waals surface area contributed by atoms with E-state index < -0.39 is 5.91 Å². The molecule has 0 radical (unpaired) electrons. The van der Waals surface area contributed by atoms with Crippen molar-refractivity contribution in [2.24, 2.45) is 0 Å². The third-order valence-corrected chi connectivity index (χ3v) is 2.88. The van der Waals surface area contributed by atoms with E-state index in [9.17, 15) is 9.90 Å². The smallest absolute Gasteiger partial charge is 0.262 e. The average molecular weight is 278 g/mol. The van der Waals surface area contributed by atoms with Crippen LogP contribution in [0.1, 0.15) is 26.5 Å². The van der Waals surface area contributed by atoms with Gasteiger partial charge in [-0.05, 0) is 12.1 Å². The summed E-state index contributed by atoms with van der Waals surface area (Å²) >= 11 is 0. The Hall–Kier alpha value is -2.28. The number of hydrogen-bond donors (Lipinski definition) is 4. The molecule has 1 amide bonds. The summed E-state index contributed by atoms with van der Waals surface area (Å²) in [5.41, 5.74) is 2.57. The van der Waals surface area contributed by atoms with Crippen molar-refractivity contribution in [2.45, 2.75) is 26.2 Å². The SMILES string of the molecule is CC(C)(C)c1c(NCC(=O)NO)nc2c(O)cccn12. The van der Waals surface area contributed by atoms with E-state index in [2.05, 4.69) is 10.3 Å². The summed E-state index contributed by atoms with van der Waals surface area (Å²) < 4.78 is 1.79. The zero-order valence-electron chi connectivity index (χ0n) is 11.6. The number of anilines is 1. The van der Waals surface area contributed by atoms with E-state index in [1.165, 1.54) is 0 Å². The average Bonchev–Trinajstić information content (AvgIpc) is 2.75. The Morgan fingerprint density at radius 2 is 2.15 bits per heavy atom. The summed E-state index contributed by atoms with van der Waals surface area (Å²) in [6.45, 7) is 5.93. The van der Waals surface area contributed by atoms with Crippen molar-refractivity contribution in [3.05, 3.63) is 24.0 Å². The summed E-state index contributed by atoms with van der Waals surface area (Å²) in [7, 11) is 0. The Bertz CT molecular complexity index is 643. The molecule has 0 aromatic carbocycles. The van der Waals surface area contributed by atoms with Crippen molar-refractivity contribution in [1.29, 1.82) is 0 Å². The molecule has 2 heterocycles. The van der Waals surface area contributed by atoms with Gasteiger partial charge in [-0.25, -0.2) is 10.5 Å². The standard InChI is InChI=1S/C13H18N4O3/c1-13(2,3)10-11(14-7-9(19)16-20)15-12-8(18)5-4-6-17(10)12/h4-6,14,18,20H,7H2,1-3H3,(H,16,19). The highest BCUT2D eigenvalue weighted by Gasteiger charge is 2.25. The normalized spacial score (nSPS) is 11.6. The highest BCUT2D eigenvalue weighted by Crippen LogP contribution is 2.32. The van der Waals surface area contributed by atoms with Gasteiger partial charge in [0.05, 0.1) is 12.2 Å². The molecule has 2 aromatic heterocycles. The number of carbonyl (C=O) groups excluding carboxylic acids is 1. The topological polar surface area (TPSA) is 98.9 Å². The number of amides is 1. The lowest BCUT2D eigenvalue weighted by atomic mass is 9.92. The van der Waals surface area contributed by atoms with Crippen LogP contribution < -0.4 is 10.8 Å². The molecule has 0 saturated heterocycles. The fourth-order valence-corrected chi connectivity index (χ4v) is 2.10. The van der Waals surface area contributed by atoms with Crippen molar-refractivity contribution in [2.75, 3.05) is 11.9 Å². The van der Waals surface area contributed by atoms with Gasteiger partial charge in [-0.1, -0.05) is 20.8 Å². The summed E-state index contributed by atoms with van der Waals surface area (Å²) in [4.78, 5) is 15.4. The molecule has 0 aliphatic rings. The van der Waals surface area contributed by atoms with Crippen LogP contribution in [-0.2, 0) is 10.2 Å². The van der Waals surface area contributed by atoms with Crippen LogP contribution in [0, 0.1) is 0 Å². The van der Waals surface area contributed by atoms with Gasteiger partial charge in [0.1, 0.15) is 5.82 Å². The molecule has 0 atom stereocenters. The molecule has 108 valence electrons. The second kappa shape index (κ2) is 5.01. The van der Waals surface area contributed by atoms with Crippen LogP contribution in [0.15, 0.2) is 18.3 Å². The van der Waals surface area contributed by atoms with Gasteiger partial charge in [0.25, 0.3) is 5.91 Å². The molecule has 0 aliphatic carbocycles. The third kappa shape index (κ3) is 2.53. The molecule has 2 aromatic rings. The number of aromatic nitrogens is 2. The van der Waals surface area contributed by atoms with Crippen LogP contribution in [0.3, 0.4) is 0 Å². The molecule has 0 fully saturated rings. The molecule has 0 saturated carbocycles. The van der Waals surface area contributed by atoms with Gasteiger partial charge in [-0.15, -0.1) is 0 Å². The second-order valence-electron chi connectivity index (χ2n) is 5.53. The Morgan fingerprint density at radius 1 is 1.45 bits per heavy atom. The first-order valence-electron chi connectivity index (χ1n) is 6.22. The molecule has 4 N–H and O–H groups in total. The van der Waals surface area contributed by atoms with E-state index in [0.29, 0.717) is 11.5 Å². The van der Waals surface area contributed by atoms with E-state index in [1.807, 2.05) is 20.8 Å². The number of imidazole rings is 1. The number of nitrogens with one attached hydrogen (secondary N) is 2. The van der Waals surface area contributed by atoms with E-state index in [1.54, 1.807) is 28.2 Å². The number of aromatic hydroxyl groups is 1. The van der Waals surface area contributed by atoms with Gasteiger partial charge in [0.2, 0.25) is 0 Å². The van der Waals surface area contributed by atoms with Gasteiger partial charge >= 0.3 is 0 Å². The van der Waals surface area contributed by atoms with Crippen molar-refractivity contribution >= 4 is 17.4 Å². The maximum atomic E-state index is 11.1. The summed E-state index contributed by atoms with van der Waals surface area (Å²) in [5.74, 6) is 0.00592. The number of pyridine rings is 1. The van der Waals surface area contributed by atoms with Gasteiger partial charge in [0, 0.05) is 11.6 Å². The first kappa shape index (κ1) is 14.1. The number of nitrogens with zero attached hydrogens (tertiary/aromatic N) is 2. The van der Waals surface area contributed by atoms with Crippen LogP contribution in [-0.4, -0.2) is 32.2 Å². The predicted octanol–water partition coefficient (Wildman–Crippen LogP) is 1.25. The molecule has 7 nitrogen and oxygen atoms in total. The van der Waals surface area contributed by atoms with Gasteiger partial charge in [0.15, 0.2) is 11.4 Å². The highest BCUT2D eigenvalue weighted by molar-refractivity contribution is 5.79. The summed E-state index contributed by atoms with van der Waals surface area (Å²) in [6, 6.07) is 3.28. The number of fused-ring (bicyclic) bond motifs is 1. The van der Waals surface area contributed by atoms with Crippen LogP contribution in [0.2, 0.25) is 0 Å². The van der Waals surface area contributed by atoms with Crippen molar-refractivity contribution in [1.82, 2.24) is 14.9 Å². The molecular formula is C13H18N4O3. The third-order valence-electron chi connectivity index (χ3n) is 2.88. The van der Waals surface area contributed by atoms with Gasteiger partial charge in [-0.3, -0.25) is 14.4 Å². The second-order valence-corrected chi connectivity index (χ2v) is 5.53. The maximum Gasteiger partial charge on any atom is 0.262 e. The van der Waals surface area contributed by atoms with Crippen molar-refractivity contribution in [3.8, 4) is 5.75 Å². The Morgan fingerprint density at radius 3 is 2.75 bits per heavy atom. The molecule has 2 rings (SSSR count). The van der Waals surface area contributed by atoms with E-state index >= 15 is 0 Å². The minimum Gasteiger partial charge on any atom is -0.504 e. The van der Waals surface area contributed by atoms with Crippen LogP contribution in [0.25, 0.3) is 5.65 Å². The fraction of sp³-hybridized carbons (Fsp3) is 0.385. The largest absolute Gasteiger partial charge is 0.504 e. The van der Waals surface area contributed by atoms with Gasteiger partial charge in [-0.2, -0.15) is 0 Å². The highest BCUT2D eigenvalue weighted by atomic mass is 16.5. The Kier molecular flexibility index (Phi) is 3.54. The van der Waals surface area contributed by atoms with E-state index in [4.69, 9.17) is 5.21 Å². The molecule has 20 heavy (non-hydrogen) atoms. The van der Waals surface area contributed by atoms with Crippen molar-refractivity contribution < 1.29 is 15.1 Å². The lowest BCUT2D eigenvalue weighted by Gasteiger charge is -2.20. The van der Waals surface area contributed by atoms with Crippen LogP contribution >= 0.6 is 0 Å². The number of hydroxylamine groups is 1. The first-order valence-corrected chi connectivity index (χ1v) is 6.22. The molecule has 0 spiro atoms. The molecular weight excluding hydrogens is 260 g/mol. The minimum atomic E-state index is -0.564. The molecule has 7 heteroatoms. The van der Waals surface area contributed by atoms with Crippen LogP contribution in [0.4, 0.5) is 5.82 Å². The first-order chi connectivity index (χ1) is 9.34. The van der Waals surface area contributed by atoms with Crippen LogP contribution in [0.5, 0.6) is 5.75 Å². The van der Waals surface area contributed by atoms with E-state index in [0.717, 1.165) is 5.69 Å². The fourth-order valence-electron chi connectivity index (χ4n) is 2.10. The van der Waals surface area contributed by atoms with Gasteiger partial charge < -0.3 is 10.4 Å². The number of carbonyl (C=O) groups is 1. The predicted molar refractivity (Wildman–Crippen MR) is 74.0 cm³/mol. The summed E-state index contributed by atoms with van der Waals surface area (Å²) in [5, 5.41) is 21.3. The maximum absolute atomic E-state index is 11.1. The monoisotopic (exact) mass is 278 g/mol. The summed E-state index contributed by atoms with van der Waals surface area (Å²) in [6.07, 6.45) is 1.81. The Labute approximate surface area is 116 Å². The van der Waals surface area contributed by atoms with E-state index in [-0.39, 0.29) is 17.7 Å². The molecule has 0 bridgehead atoms. The minimum absolute atomic E-state index is 0.0673. The quantitative estimate of drug-likeness (QED) is 0.500. The molecule has 0 unspecified atom stereocenters.